The summed E-state index contributed by atoms with van der Waals surface area (Å²) in [6.07, 6.45) is 0. The molecule has 7 heteroatoms. The number of nitrogens with one attached hydrogen (secondary N) is 2. The molecule has 0 unspecified atom stereocenters. The Morgan fingerprint density at radius 2 is 0.932 bits per heavy atom. The minimum absolute atomic E-state index is 0.157. The van der Waals surface area contributed by atoms with E-state index in [1.54, 1.807) is 60.7 Å². The summed E-state index contributed by atoms with van der Waals surface area (Å²) in [5.74, 6) is -0.604. The second-order valence-electron chi connectivity index (χ2n) is 10.5. The van der Waals surface area contributed by atoms with Crippen molar-refractivity contribution in [2.45, 2.75) is 0 Å². The van der Waals surface area contributed by atoms with Gasteiger partial charge in [-0.05, 0) is 96.1 Å². The summed E-state index contributed by atoms with van der Waals surface area (Å²) in [6.45, 7) is 3.08. The Labute approximate surface area is 256 Å². The normalized spacial score (nSPS) is 12.8. The lowest BCUT2D eigenvalue weighted by molar-refractivity contribution is 0.101. The Bertz CT molecular complexity index is 1740. The number of hydrogen-bond acceptors (Lipinski definition) is 5. The Morgan fingerprint density at radius 1 is 0.500 bits per heavy atom. The van der Waals surface area contributed by atoms with Crippen LogP contribution in [0.5, 0.6) is 0 Å². The van der Waals surface area contributed by atoms with Crippen molar-refractivity contribution < 1.29 is 19.1 Å². The molecule has 0 spiro atoms. The predicted molar refractivity (Wildman–Crippen MR) is 174 cm³/mol. The molecule has 0 radical (unpaired) electrons. The highest BCUT2D eigenvalue weighted by Gasteiger charge is 2.14. The van der Waals surface area contributed by atoms with Gasteiger partial charge in [-0.15, -0.1) is 0 Å². The van der Waals surface area contributed by atoms with Crippen molar-refractivity contribution >= 4 is 34.7 Å². The molecule has 7 nitrogen and oxygen atoms in total. The molecule has 5 aromatic rings. The van der Waals surface area contributed by atoms with Crippen LogP contribution in [0.4, 0.5) is 17.1 Å². The lowest BCUT2D eigenvalue weighted by Crippen LogP contribution is -2.36. The molecule has 0 aliphatic carbocycles. The quantitative estimate of drug-likeness (QED) is 0.194. The maximum absolute atomic E-state index is 13.1. The molecule has 6 rings (SSSR count). The van der Waals surface area contributed by atoms with Crippen molar-refractivity contribution in [2.24, 2.45) is 0 Å². The predicted octanol–water partition coefficient (Wildman–Crippen LogP) is 6.93. The molecule has 218 valence electrons. The van der Waals surface area contributed by atoms with Crippen LogP contribution < -0.4 is 15.5 Å². The van der Waals surface area contributed by atoms with Crippen LogP contribution in [0.3, 0.4) is 0 Å². The molecule has 0 bridgehead atoms. The van der Waals surface area contributed by atoms with Crippen LogP contribution in [-0.4, -0.2) is 43.9 Å². The molecule has 1 fully saturated rings. The van der Waals surface area contributed by atoms with Crippen molar-refractivity contribution in [3.63, 3.8) is 0 Å². The minimum atomic E-state index is -0.227. The summed E-state index contributed by atoms with van der Waals surface area (Å²) in [4.78, 5) is 40.9. The standard InChI is InChI=1S/C37H31N3O4/c41-35(28-10-16-32(17-11-28)38-36(42)30-8-6-27(7-9-30)26-4-2-1-3-5-26)29-12-18-33(19-13-29)39-37(43)31-14-20-34(21-15-31)40-22-24-44-25-23-40/h1-21H,22-25H2,(H,38,42)(H,39,43). The van der Waals surface area contributed by atoms with Crippen LogP contribution in [0.25, 0.3) is 11.1 Å². The topological polar surface area (TPSA) is 87.7 Å². The average molecular weight is 582 g/mol. The SMILES string of the molecule is O=C(Nc1ccc(C(=O)c2ccc(NC(=O)c3ccc(N4CCOCC4)cc3)cc2)cc1)c1ccc(-c2ccccc2)cc1. The zero-order valence-electron chi connectivity index (χ0n) is 24.0. The summed E-state index contributed by atoms with van der Waals surface area (Å²) in [5, 5.41) is 5.77. The number of ether oxygens (including phenoxy) is 1. The van der Waals surface area contributed by atoms with Crippen LogP contribution >= 0.6 is 0 Å². The number of ketones is 1. The minimum Gasteiger partial charge on any atom is -0.378 e. The van der Waals surface area contributed by atoms with Gasteiger partial charge in [0.05, 0.1) is 13.2 Å². The number of rotatable bonds is 8. The van der Waals surface area contributed by atoms with E-state index >= 15 is 0 Å². The summed E-state index contributed by atoms with van der Waals surface area (Å²) in [6, 6.07) is 38.5. The summed E-state index contributed by atoms with van der Waals surface area (Å²) < 4.78 is 5.40. The van der Waals surface area contributed by atoms with Crippen molar-refractivity contribution in [2.75, 3.05) is 41.8 Å². The van der Waals surface area contributed by atoms with Crippen molar-refractivity contribution in [1.82, 2.24) is 0 Å². The van der Waals surface area contributed by atoms with Gasteiger partial charge in [0.25, 0.3) is 11.8 Å². The molecule has 2 N–H and O–H groups in total. The monoisotopic (exact) mass is 581 g/mol. The van der Waals surface area contributed by atoms with Crippen LogP contribution in [0.15, 0.2) is 127 Å². The molecule has 44 heavy (non-hydrogen) atoms. The van der Waals surface area contributed by atoms with Gasteiger partial charge in [0, 0.05) is 52.4 Å². The Balaban J connectivity index is 1.03. The van der Waals surface area contributed by atoms with Crippen LogP contribution in [0.1, 0.15) is 36.6 Å². The zero-order chi connectivity index (χ0) is 30.3. The van der Waals surface area contributed by atoms with Gasteiger partial charge in [0.15, 0.2) is 5.78 Å². The lowest BCUT2D eigenvalue weighted by atomic mass is 10.0. The van der Waals surface area contributed by atoms with Crippen LogP contribution in [0, 0.1) is 0 Å². The fourth-order valence-electron chi connectivity index (χ4n) is 5.07. The first-order chi connectivity index (χ1) is 21.5. The summed E-state index contributed by atoms with van der Waals surface area (Å²) >= 11 is 0. The third-order valence-electron chi connectivity index (χ3n) is 7.57. The highest BCUT2D eigenvalue weighted by Crippen LogP contribution is 2.22. The van der Waals surface area contributed by atoms with Crippen LogP contribution in [0.2, 0.25) is 0 Å². The average Bonchev–Trinajstić information content (AvgIpc) is 3.09. The first-order valence-electron chi connectivity index (χ1n) is 14.5. The van der Waals surface area contributed by atoms with E-state index in [0.29, 0.717) is 46.8 Å². The Kier molecular flexibility index (Phi) is 8.57. The second-order valence-corrected chi connectivity index (χ2v) is 10.5. The van der Waals surface area contributed by atoms with E-state index in [-0.39, 0.29) is 17.6 Å². The maximum Gasteiger partial charge on any atom is 0.255 e. The van der Waals surface area contributed by atoms with Crippen molar-refractivity contribution in [3.8, 4) is 11.1 Å². The Morgan fingerprint density at radius 3 is 1.43 bits per heavy atom. The largest absolute Gasteiger partial charge is 0.378 e. The van der Waals surface area contributed by atoms with Crippen LogP contribution in [-0.2, 0) is 4.74 Å². The van der Waals surface area contributed by atoms with Gasteiger partial charge >= 0.3 is 0 Å². The molecule has 1 heterocycles. The molecule has 0 aromatic heterocycles. The lowest BCUT2D eigenvalue weighted by Gasteiger charge is -2.28. The molecule has 1 aliphatic rings. The number of carbonyl (C=O) groups is 3. The third-order valence-corrected chi connectivity index (χ3v) is 7.57. The van der Waals surface area contributed by atoms with E-state index in [1.807, 2.05) is 66.7 Å². The maximum atomic E-state index is 13.1. The fraction of sp³-hybridized carbons (Fsp3) is 0.108. The van der Waals surface area contributed by atoms with Gasteiger partial charge in [-0.3, -0.25) is 14.4 Å². The fourth-order valence-corrected chi connectivity index (χ4v) is 5.07. The van der Waals surface area contributed by atoms with E-state index < -0.39 is 0 Å². The number of anilines is 3. The molecule has 1 aliphatic heterocycles. The Hall–Kier alpha value is -5.53. The van der Waals surface area contributed by atoms with Gasteiger partial charge in [-0.1, -0.05) is 42.5 Å². The van der Waals surface area contributed by atoms with Gasteiger partial charge in [-0.2, -0.15) is 0 Å². The van der Waals surface area contributed by atoms with Gasteiger partial charge < -0.3 is 20.3 Å². The first-order valence-corrected chi connectivity index (χ1v) is 14.5. The summed E-state index contributed by atoms with van der Waals surface area (Å²) in [7, 11) is 0. The number of hydrogen-bond donors (Lipinski definition) is 2. The van der Waals surface area contributed by atoms with E-state index in [9.17, 15) is 14.4 Å². The number of carbonyl (C=O) groups excluding carboxylic acids is 3. The molecule has 1 saturated heterocycles. The number of morpholine rings is 1. The van der Waals surface area contributed by atoms with Gasteiger partial charge in [0.1, 0.15) is 0 Å². The summed E-state index contributed by atoms with van der Waals surface area (Å²) in [5.41, 5.74) is 6.46. The van der Waals surface area contributed by atoms with Crippen molar-refractivity contribution in [1.29, 1.82) is 0 Å². The second kappa shape index (κ2) is 13.2. The zero-order valence-corrected chi connectivity index (χ0v) is 24.0. The molecule has 0 saturated carbocycles. The van der Waals surface area contributed by atoms with E-state index in [2.05, 4.69) is 15.5 Å². The molecule has 0 atom stereocenters. The van der Waals surface area contributed by atoms with E-state index in [4.69, 9.17) is 4.74 Å². The first kappa shape index (κ1) is 28.6. The van der Waals surface area contributed by atoms with Gasteiger partial charge in [-0.25, -0.2) is 0 Å². The van der Waals surface area contributed by atoms with E-state index in [0.717, 1.165) is 29.9 Å². The smallest absolute Gasteiger partial charge is 0.255 e. The molecular formula is C37H31N3O4. The van der Waals surface area contributed by atoms with Gasteiger partial charge in [0.2, 0.25) is 0 Å². The number of nitrogens with zero attached hydrogens (tertiary/aromatic N) is 1. The third kappa shape index (κ3) is 6.75. The highest BCUT2D eigenvalue weighted by molar-refractivity contribution is 6.10. The highest BCUT2D eigenvalue weighted by atomic mass is 16.5. The van der Waals surface area contributed by atoms with E-state index in [1.165, 1.54) is 0 Å². The van der Waals surface area contributed by atoms with Crippen molar-refractivity contribution in [3.05, 3.63) is 150 Å². The molecule has 5 aromatic carbocycles. The molecule has 2 amide bonds. The number of amides is 2. The molecular weight excluding hydrogens is 550 g/mol. The number of benzene rings is 5.